The van der Waals surface area contributed by atoms with Crippen LogP contribution in [0, 0.1) is 17.8 Å². The summed E-state index contributed by atoms with van der Waals surface area (Å²) < 4.78 is 5.33. The topological polar surface area (TPSA) is 62.4 Å². The molecule has 0 saturated carbocycles. The van der Waals surface area contributed by atoms with Gasteiger partial charge in [0.05, 0.1) is 18.5 Å². The standard InChI is InChI=1S/C16H31N3O2S2/c1-5-17-10-12-22-23-15(4)18-9-11-21-13-16(20)19-8-6-7-14(2)3/h14-15,17-18H,5,8-13H2,1-4H3,(H,19,20). The second kappa shape index (κ2) is 16.5. The van der Waals surface area contributed by atoms with Crippen molar-refractivity contribution in [3.05, 3.63) is 0 Å². The van der Waals surface area contributed by atoms with Crippen LogP contribution in [0.25, 0.3) is 0 Å². The molecule has 0 aliphatic carbocycles. The zero-order chi connectivity index (χ0) is 17.3. The molecule has 0 heterocycles. The van der Waals surface area contributed by atoms with E-state index in [0.717, 1.165) is 25.4 Å². The molecule has 3 N–H and O–H groups in total. The molecule has 0 saturated heterocycles. The summed E-state index contributed by atoms with van der Waals surface area (Å²) >= 11 is 0. The van der Waals surface area contributed by atoms with E-state index in [2.05, 4.69) is 41.6 Å². The van der Waals surface area contributed by atoms with E-state index in [4.69, 9.17) is 4.74 Å². The van der Waals surface area contributed by atoms with Crippen molar-refractivity contribution in [2.24, 2.45) is 5.92 Å². The number of rotatable bonds is 13. The van der Waals surface area contributed by atoms with E-state index < -0.39 is 0 Å². The first-order valence-electron chi connectivity index (χ1n) is 8.11. The molecule has 5 nitrogen and oxygen atoms in total. The van der Waals surface area contributed by atoms with Gasteiger partial charge in [-0.25, -0.2) is 0 Å². The summed E-state index contributed by atoms with van der Waals surface area (Å²) in [4.78, 5) is 11.5. The van der Waals surface area contributed by atoms with Gasteiger partial charge in [0.25, 0.3) is 0 Å². The first kappa shape index (κ1) is 22.6. The Kier molecular flexibility index (Phi) is 16.2. The molecular weight excluding hydrogens is 330 g/mol. The monoisotopic (exact) mass is 361 g/mol. The number of amides is 1. The zero-order valence-corrected chi connectivity index (χ0v) is 16.4. The van der Waals surface area contributed by atoms with Gasteiger partial charge in [-0.3, -0.25) is 4.79 Å². The minimum absolute atomic E-state index is 0.0873. The summed E-state index contributed by atoms with van der Waals surface area (Å²) in [7, 11) is 3.68. The molecule has 0 aromatic rings. The predicted octanol–water partition coefficient (Wildman–Crippen LogP) is 1.71. The lowest BCUT2D eigenvalue weighted by Gasteiger charge is -2.12. The Bertz CT molecular complexity index is 357. The van der Waals surface area contributed by atoms with Gasteiger partial charge in [0.15, 0.2) is 0 Å². The molecule has 0 radical (unpaired) electrons. The molecule has 134 valence electrons. The summed E-state index contributed by atoms with van der Waals surface area (Å²) in [5.41, 5.74) is 0. The third-order valence-corrected chi connectivity index (χ3v) is 5.24. The highest BCUT2D eigenvalue weighted by Crippen LogP contribution is 2.24. The van der Waals surface area contributed by atoms with Crippen LogP contribution in [-0.4, -0.2) is 56.4 Å². The average Bonchev–Trinajstić information content (AvgIpc) is 2.51. The summed E-state index contributed by atoms with van der Waals surface area (Å²) in [5.74, 6) is 7.20. The van der Waals surface area contributed by atoms with Crippen molar-refractivity contribution in [1.82, 2.24) is 16.0 Å². The molecule has 0 bridgehead atoms. The number of hydrogen-bond acceptors (Lipinski definition) is 6. The van der Waals surface area contributed by atoms with Crippen LogP contribution in [0.4, 0.5) is 0 Å². The van der Waals surface area contributed by atoms with Crippen LogP contribution in [0.2, 0.25) is 0 Å². The van der Waals surface area contributed by atoms with E-state index in [1.54, 1.807) is 0 Å². The predicted molar refractivity (Wildman–Crippen MR) is 103 cm³/mol. The van der Waals surface area contributed by atoms with Crippen LogP contribution >= 0.6 is 21.6 Å². The fraction of sp³-hybridized carbons (Fsp3) is 0.812. The van der Waals surface area contributed by atoms with Crippen molar-refractivity contribution < 1.29 is 9.53 Å². The summed E-state index contributed by atoms with van der Waals surface area (Å²) in [5, 5.41) is 9.73. The Labute approximate surface area is 149 Å². The number of carbonyl (C=O) groups excluding carboxylic acids is 1. The molecule has 1 amide bonds. The lowest BCUT2D eigenvalue weighted by Crippen LogP contribution is -2.31. The van der Waals surface area contributed by atoms with Gasteiger partial charge in [-0.2, -0.15) is 0 Å². The average molecular weight is 362 g/mol. The van der Waals surface area contributed by atoms with Crippen molar-refractivity contribution in [2.45, 2.75) is 33.1 Å². The molecule has 0 fully saturated rings. The lowest BCUT2D eigenvalue weighted by atomic mass is 10.2. The van der Waals surface area contributed by atoms with E-state index >= 15 is 0 Å². The van der Waals surface area contributed by atoms with Gasteiger partial charge in [-0.15, -0.1) is 0 Å². The zero-order valence-electron chi connectivity index (χ0n) is 14.7. The molecule has 0 rings (SSSR count). The Morgan fingerprint density at radius 3 is 2.74 bits per heavy atom. The highest BCUT2D eigenvalue weighted by molar-refractivity contribution is 8.76. The van der Waals surface area contributed by atoms with Crippen molar-refractivity contribution in [3.8, 4) is 11.8 Å². The largest absolute Gasteiger partial charge is 0.370 e. The third kappa shape index (κ3) is 17.8. The SMILES string of the molecule is CCNCCSSC(C)NCCOCC(=O)NCC#CC(C)C. The highest BCUT2D eigenvalue weighted by Gasteiger charge is 2.03. The molecular formula is C16H31N3O2S2. The molecule has 1 atom stereocenters. The van der Waals surface area contributed by atoms with Crippen molar-refractivity contribution in [1.29, 1.82) is 0 Å². The van der Waals surface area contributed by atoms with Crippen molar-refractivity contribution in [2.75, 3.05) is 45.1 Å². The fourth-order valence-corrected chi connectivity index (χ4v) is 3.49. The Balaban J connectivity index is 3.40. The first-order valence-corrected chi connectivity index (χ1v) is 10.5. The maximum Gasteiger partial charge on any atom is 0.246 e. The Morgan fingerprint density at radius 2 is 2.04 bits per heavy atom. The second-order valence-corrected chi connectivity index (χ2v) is 8.00. The number of hydrogen-bond donors (Lipinski definition) is 3. The second-order valence-electron chi connectivity index (χ2n) is 5.17. The van der Waals surface area contributed by atoms with Crippen molar-refractivity contribution in [3.63, 3.8) is 0 Å². The summed E-state index contributed by atoms with van der Waals surface area (Å²) in [6, 6.07) is 0. The van der Waals surface area contributed by atoms with Crippen LogP contribution in [0.5, 0.6) is 0 Å². The minimum atomic E-state index is -0.121. The normalized spacial score (nSPS) is 11.9. The Hall–Kier alpha value is -0.390. The van der Waals surface area contributed by atoms with Gasteiger partial charge in [-0.05, 0) is 13.5 Å². The van der Waals surface area contributed by atoms with Gasteiger partial charge in [-0.1, -0.05) is 54.2 Å². The van der Waals surface area contributed by atoms with Crippen LogP contribution in [-0.2, 0) is 9.53 Å². The van der Waals surface area contributed by atoms with Gasteiger partial charge in [0.2, 0.25) is 5.91 Å². The Morgan fingerprint density at radius 1 is 1.26 bits per heavy atom. The molecule has 23 heavy (non-hydrogen) atoms. The van der Waals surface area contributed by atoms with E-state index in [-0.39, 0.29) is 12.5 Å². The van der Waals surface area contributed by atoms with Gasteiger partial charge in [0, 0.05) is 24.8 Å². The number of nitrogens with one attached hydrogen (secondary N) is 3. The quantitative estimate of drug-likeness (QED) is 0.201. The van der Waals surface area contributed by atoms with E-state index in [9.17, 15) is 4.79 Å². The molecule has 1 unspecified atom stereocenters. The van der Waals surface area contributed by atoms with Crippen LogP contribution < -0.4 is 16.0 Å². The van der Waals surface area contributed by atoms with Crippen LogP contribution in [0.15, 0.2) is 0 Å². The molecule has 0 aromatic carbocycles. The molecule has 0 spiro atoms. The van der Waals surface area contributed by atoms with Gasteiger partial charge < -0.3 is 20.7 Å². The van der Waals surface area contributed by atoms with Gasteiger partial charge >= 0.3 is 0 Å². The lowest BCUT2D eigenvalue weighted by molar-refractivity contribution is -0.125. The van der Waals surface area contributed by atoms with Crippen molar-refractivity contribution >= 4 is 27.5 Å². The number of carbonyl (C=O) groups is 1. The van der Waals surface area contributed by atoms with E-state index in [0.29, 0.717) is 24.4 Å². The van der Waals surface area contributed by atoms with Gasteiger partial charge in [0.1, 0.15) is 6.61 Å². The fourth-order valence-electron chi connectivity index (χ4n) is 1.42. The number of ether oxygens (including phenoxy) is 1. The first-order chi connectivity index (χ1) is 11.1. The maximum absolute atomic E-state index is 11.5. The molecule has 7 heteroatoms. The van der Waals surface area contributed by atoms with E-state index in [1.807, 2.05) is 35.4 Å². The minimum Gasteiger partial charge on any atom is -0.370 e. The molecule has 0 aliphatic rings. The smallest absolute Gasteiger partial charge is 0.246 e. The summed E-state index contributed by atoms with van der Waals surface area (Å²) in [6.45, 7) is 12.1. The highest BCUT2D eigenvalue weighted by atomic mass is 33.1. The van der Waals surface area contributed by atoms with Crippen LogP contribution in [0.1, 0.15) is 27.7 Å². The maximum atomic E-state index is 11.5. The van der Waals surface area contributed by atoms with E-state index in [1.165, 1.54) is 0 Å². The molecule has 0 aliphatic heterocycles. The third-order valence-electron chi connectivity index (χ3n) is 2.50. The van der Waals surface area contributed by atoms with Crippen LogP contribution in [0.3, 0.4) is 0 Å². The molecule has 0 aromatic heterocycles. The summed E-state index contributed by atoms with van der Waals surface area (Å²) in [6.07, 6.45) is 0.